The van der Waals surface area contributed by atoms with Crippen LogP contribution in [0.1, 0.15) is 6.04 Å². The highest BCUT2D eigenvalue weighted by molar-refractivity contribution is 7.99. The van der Waals surface area contributed by atoms with Gasteiger partial charge in [0, 0.05) is 12.4 Å². The molecular formula is C14H16N6O5S. The van der Waals surface area contributed by atoms with E-state index in [0.717, 1.165) is 0 Å². The summed E-state index contributed by atoms with van der Waals surface area (Å²) in [6.45, 7) is 0.565. The lowest BCUT2D eigenvalue weighted by molar-refractivity contribution is -0.150. The molecule has 2 fully saturated rings. The van der Waals surface area contributed by atoms with E-state index >= 15 is 0 Å². The van der Waals surface area contributed by atoms with Crippen LogP contribution in [0, 0.1) is 0 Å². The van der Waals surface area contributed by atoms with Gasteiger partial charge in [-0.05, 0) is 28.3 Å². The first kappa shape index (κ1) is 17.3. The normalized spacial score (nSPS) is 27.4. The van der Waals surface area contributed by atoms with Crippen molar-refractivity contribution in [2.24, 2.45) is 0 Å². The molecule has 138 valence electrons. The Balaban J connectivity index is 1.44. The third-order valence-corrected chi connectivity index (χ3v) is 4.97. The lowest BCUT2D eigenvalue weighted by atomic mass is 10.1. The number of methoxy groups -OCH3 is 1. The van der Waals surface area contributed by atoms with Gasteiger partial charge in [0.05, 0.1) is 20.3 Å². The number of nitrogens with zero attached hydrogens (tertiary/aromatic N) is 6. The maximum Gasteiger partial charge on any atom is 0.331 e. The lowest BCUT2D eigenvalue weighted by Crippen LogP contribution is -2.33. The summed E-state index contributed by atoms with van der Waals surface area (Å²) >= 11 is 1.26. The highest BCUT2D eigenvalue weighted by Crippen LogP contribution is 2.37. The van der Waals surface area contributed by atoms with Crippen molar-refractivity contribution in [3.05, 3.63) is 18.5 Å². The van der Waals surface area contributed by atoms with Gasteiger partial charge in [-0.1, -0.05) is 0 Å². The summed E-state index contributed by atoms with van der Waals surface area (Å²) in [5, 5.41) is 13.0. The Hall–Kier alpha value is -2.15. The molecular weight excluding hydrogens is 364 g/mol. The quantitative estimate of drug-likeness (QED) is 0.476. The molecule has 2 aliphatic rings. The van der Waals surface area contributed by atoms with Crippen molar-refractivity contribution in [2.45, 2.75) is 34.7 Å². The highest BCUT2D eigenvalue weighted by atomic mass is 32.2. The van der Waals surface area contributed by atoms with Gasteiger partial charge in [0.25, 0.3) is 0 Å². The molecule has 0 saturated carbocycles. The van der Waals surface area contributed by atoms with Crippen molar-refractivity contribution in [3.8, 4) is 0 Å². The van der Waals surface area contributed by atoms with Gasteiger partial charge < -0.3 is 18.9 Å². The molecule has 11 nitrogen and oxygen atoms in total. The molecule has 0 spiro atoms. The number of rotatable bonds is 6. The van der Waals surface area contributed by atoms with E-state index in [0.29, 0.717) is 23.5 Å². The number of fused-ring (bicyclic) bond motifs is 1. The van der Waals surface area contributed by atoms with Gasteiger partial charge in [-0.3, -0.25) is 0 Å². The maximum absolute atomic E-state index is 11.3. The first-order chi connectivity index (χ1) is 12.8. The van der Waals surface area contributed by atoms with Gasteiger partial charge >= 0.3 is 5.97 Å². The van der Waals surface area contributed by atoms with Crippen LogP contribution in [0.5, 0.6) is 0 Å². The Morgan fingerprint density at radius 2 is 2.12 bits per heavy atom. The van der Waals surface area contributed by atoms with Crippen LogP contribution in [0.2, 0.25) is 0 Å². The van der Waals surface area contributed by atoms with Crippen LogP contribution < -0.4 is 0 Å². The average molecular weight is 380 g/mol. The summed E-state index contributed by atoms with van der Waals surface area (Å²) in [5.74, 6) is -0.440. The van der Waals surface area contributed by atoms with E-state index in [-0.39, 0.29) is 31.0 Å². The number of ether oxygens (including phenoxy) is 4. The summed E-state index contributed by atoms with van der Waals surface area (Å²) in [6.07, 6.45) is 2.41. The highest BCUT2D eigenvalue weighted by Gasteiger charge is 2.50. The van der Waals surface area contributed by atoms with E-state index in [1.165, 1.54) is 18.9 Å². The fraction of sp³-hybridized carbons (Fsp3) is 0.571. The van der Waals surface area contributed by atoms with Crippen LogP contribution in [0.3, 0.4) is 0 Å². The summed E-state index contributed by atoms with van der Waals surface area (Å²) in [6, 6.07) is 1.54. The van der Waals surface area contributed by atoms with Crippen LogP contribution in [0.15, 0.2) is 28.8 Å². The first-order valence-electron chi connectivity index (χ1n) is 7.90. The van der Waals surface area contributed by atoms with Gasteiger partial charge in [0.15, 0.2) is 5.16 Å². The van der Waals surface area contributed by atoms with E-state index in [2.05, 4.69) is 30.2 Å². The average Bonchev–Trinajstić information content (AvgIpc) is 3.37. The third kappa shape index (κ3) is 3.40. The van der Waals surface area contributed by atoms with Crippen molar-refractivity contribution in [2.75, 3.05) is 26.9 Å². The Morgan fingerprint density at radius 1 is 1.31 bits per heavy atom. The van der Waals surface area contributed by atoms with Gasteiger partial charge in [-0.15, -0.1) is 5.10 Å². The minimum atomic E-state index is -0.440. The molecule has 2 aliphatic heterocycles. The number of hydrogen-bond donors (Lipinski definition) is 0. The number of carbonyl (C=O) groups excluding carboxylic acids is 1. The third-order valence-electron chi connectivity index (χ3n) is 4.13. The fourth-order valence-corrected chi connectivity index (χ4v) is 3.64. The topological polar surface area (TPSA) is 123 Å². The van der Waals surface area contributed by atoms with E-state index < -0.39 is 5.97 Å². The zero-order valence-corrected chi connectivity index (χ0v) is 14.6. The largest absolute Gasteiger partial charge is 0.467 e. The van der Waals surface area contributed by atoms with Gasteiger partial charge in [-0.2, -0.15) is 0 Å². The monoisotopic (exact) mass is 380 g/mol. The second-order valence-electron chi connectivity index (χ2n) is 5.63. The van der Waals surface area contributed by atoms with Gasteiger partial charge in [0.2, 0.25) is 5.16 Å². The number of tetrazole rings is 1. The molecule has 4 heterocycles. The van der Waals surface area contributed by atoms with Crippen LogP contribution in [-0.2, 0) is 23.7 Å². The number of aromatic nitrogens is 6. The predicted molar refractivity (Wildman–Crippen MR) is 84.2 cm³/mol. The van der Waals surface area contributed by atoms with E-state index in [4.69, 9.17) is 14.2 Å². The van der Waals surface area contributed by atoms with Crippen molar-refractivity contribution in [1.29, 1.82) is 0 Å². The molecule has 4 atom stereocenters. The van der Waals surface area contributed by atoms with Crippen LogP contribution in [0.4, 0.5) is 0 Å². The molecule has 0 amide bonds. The molecule has 0 N–H and O–H groups in total. The minimum absolute atomic E-state index is 0.140. The molecule has 0 bridgehead atoms. The predicted octanol–water partition coefficient (Wildman–Crippen LogP) is -0.489. The fourth-order valence-electron chi connectivity index (χ4n) is 2.91. The van der Waals surface area contributed by atoms with Crippen LogP contribution >= 0.6 is 11.8 Å². The molecule has 2 aromatic heterocycles. The summed E-state index contributed by atoms with van der Waals surface area (Å²) in [5.41, 5.74) is 0. The first-order valence-corrected chi connectivity index (χ1v) is 8.72. The zero-order chi connectivity index (χ0) is 17.9. The smallest absolute Gasteiger partial charge is 0.331 e. The molecule has 2 aromatic rings. The molecule has 0 aromatic carbocycles. The zero-order valence-electron chi connectivity index (χ0n) is 13.8. The van der Waals surface area contributed by atoms with E-state index in [9.17, 15) is 4.79 Å². The van der Waals surface area contributed by atoms with Crippen molar-refractivity contribution < 1.29 is 23.7 Å². The minimum Gasteiger partial charge on any atom is -0.467 e. The Labute approximate surface area is 152 Å². The second kappa shape index (κ2) is 7.61. The van der Waals surface area contributed by atoms with E-state index in [1.807, 2.05) is 0 Å². The molecule has 4 unspecified atom stereocenters. The second-order valence-corrected chi connectivity index (χ2v) is 6.56. The Morgan fingerprint density at radius 3 is 2.92 bits per heavy atom. The Kier molecular flexibility index (Phi) is 5.06. The Bertz CT molecular complexity index is 761. The summed E-state index contributed by atoms with van der Waals surface area (Å²) in [7, 11) is 1.31. The SMILES string of the molecule is COC(=O)COC1COC2C1OCC2n1nnnc1Sc1ncccn1. The number of carbonyl (C=O) groups is 1. The molecule has 4 rings (SSSR count). The molecule has 12 heteroatoms. The maximum atomic E-state index is 11.3. The number of esters is 1. The van der Waals surface area contributed by atoms with Gasteiger partial charge in [0.1, 0.15) is 31.0 Å². The van der Waals surface area contributed by atoms with Crippen molar-refractivity contribution >= 4 is 17.7 Å². The van der Waals surface area contributed by atoms with Crippen LogP contribution in [-0.4, -0.2) is 81.4 Å². The lowest BCUT2D eigenvalue weighted by Gasteiger charge is -2.17. The van der Waals surface area contributed by atoms with Crippen LogP contribution in [0.25, 0.3) is 0 Å². The molecule has 0 aliphatic carbocycles. The van der Waals surface area contributed by atoms with E-state index in [1.54, 1.807) is 23.1 Å². The standard InChI is InChI=1S/C14H16N6O5S/c1-22-10(21)7-23-9-6-25-11-8(5-24-12(9)11)20-14(17-18-19-20)26-13-15-3-2-4-16-13/h2-4,8-9,11-12H,5-7H2,1H3. The van der Waals surface area contributed by atoms with Crippen molar-refractivity contribution in [3.63, 3.8) is 0 Å². The summed E-state index contributed by atoms with van der Waals surface area (Å²) < 4.78 is 23.5. The van der Waals surface area contributed by atoms with Crippen molar-refractivity contribution in [1.82, 2.24) is 30.2 Å². The summed E-state index contributed by atoms with van der Waals surface area (Å²) in [4.78, 5) is 19.6. The molecule has 0 radical (unpaired) electrons. The molecule has 2 saturated heterocycles. The number of hydrogen-bond acceptors (Lipinski definition) is 11. The molecule has 26 heavy (non-hydrogen) atoms. The van der Waals surface area contributed by atoms with Gasteiger partial charge in [-0.25, -0.2) is 19.4 Å².